The maximum atomic E-state index is 13.1. The van der Waals surface area contributed by atoms with Gasteiger partial charge < -0.3 is 10.1 Å². The van der Waals surface area contributed by atoms with Crippen LogP contribution in [0.3, 0.4) is 0 Å². The Morgan fingerprint density at radius 1 is 1.17 bits per heavy atom. The van der Waals surface area contributed by atoms with Crippen molar-refractivity contribution in [3.8, 4) is 5.75 Å². The van der Waals surface area contributed by atoms with Crippen LogP contribution in [0.5, 0.6) is 5.75 Å². The third kappa shape index (κ3) is 3.93. The number of methoxy groups -OCH3 is 1. The lowest BCUT2D eigenvalue weighted by molar-refractivity contribution is -0.123. The van der Waals surface area contributed by atoms with Crippen molar-refractivity contribution in [2.75, 3.05) is 14.2 Å². The molecule has 0 aromatic heterocycles. The van der Waals surface area contributed by atoms with Gasteiger partial charge in [-0.05, 0) is 42.8 Å². The summed E-state index contributed by atoms with van der Waals surface area (Å²) in [5.74, 6) is -0.316. The maximum absolute atomic E-state index is 13.1. The number of imide groups is 1. The van der Waals surface area contributed by atoms with Crippen LogP contribution >= 0.6 is 11.6 Å². The lowest BCUT2D eigenvalue weighted by Gasteiger charge is -2.25. The van der Waals surface area contributed by atoms with E-state index in [-0.39, 0.29) is 22.8 Å². The molecule has 0 aliphatic carbocycles. The Labute approximate surface area is 173 Å². The summed E-state index contributed by atoms with van der Waals surface area (Å²) in [7, 11) is -1.05. The van der Waals surface area contributed by atoms with Gasteiger partial charge >= 0.3 is 6.03 Å². The molecule has 2 aromatic carbocycles. The van der Waals surface area contributed by atoms with E-state index in [9.17, 15) is 18.0 Å². The SMILES string of the molecule is COc1ccc(S(=O)(=O)N(C)Cc2cccc(Cl)c2)cc1C1(C)NC(=O)NC1=O. The second-order valence-corrected chi connectivity index (χ2v) is 9.27. The summed E-state index contributed by atoms with van der Waals surface area (Å²) in [6.07, 6.45) is 0. The Kier molecular flexibility index (Phi) is 5.57. The lowest BCUT2D eigenvalue weighted by Crippen LogP contribution is -2.41. The molecule has 3 amide bonds. The highest BCUT2D eigenvalue weighted by Crippen LogP contribution is 2.34. The van der Waals surface area contributed by atoms with Crippen molar-refractivity contribution in [1.82, 2.24) is 14.9 Å². The first-order valence-electron chi connectivity index (χ1n) is 8.61. The fourth-order valence-electron chi connectivity index (χ4n) is 3.13. The van der Waals surface area contributed by atoms with E-state index in [1.54, 1.807) is 24.3 Å². The van der Waals surface area contributed by atoms with Crippen LogP contribution in [0.2, 0.25) is 5.02 Å². The molecule has 1 saturated heterocycles. The van der Waals surface area contributed by atoms with E-state index >= 15 is 0 Å². The third-order valence-corrected chi connectivity index (χ3v) is 6.79. The van der Waals surface area contributed by atoms with Gasteiger partial charge in [-0.15, -0.1) is 0 Å². The van der Waals surface area contributed by atoms with Gasteiger partial charge in [0.2, 0.25) is 10.0 Å². The molecule has 0 bridgehead atoms. The molecule has 1 unspecified atom stereocenters. The normalized spacial score (nSPS) is 19.2. The average molecular weight is 438 g/mol. The zero-order chi connectivity index (χ0) is 21.4. The number of ether oxygens (including phenoxy) is 1. The van der Waals surface area contributed by atoms with Crippen molar-refractivity contribution in [2.24, 2.45) is 0 Å². The van der Waals surface area contributed by atoms with Gasteiger partial charge in [0, 0.05) is 24.2 Å². The number of carbonyl (C=O) groups excluding carboxylic acids is 2. The smallest absolute Gasteiger partial charge is 0.322 e. The molecule has 1 atom stereocenters. The van der Waals surface area contributed by atoms with E-state index in [4.69, 9.17) is 16.3 Å². The number of sulfonamides is 1. The van der Waals surface area contributed by atoms with Gasteiger partial charge in [0.1, 0.15) is 11.3 Å². The first-order valence-corrected chi connectivity index (χ1v) is 10.4. The van der Waals surface area contributed by atoms with Crippen LogP contribution < -0.4 is 15.4 Å². The fourth-order valence-corrected chi connectivity index (χ4v) is 4.53. The highest BCUT2D eigenvalue weighted by atomic mass is 35.5. The minimum absolute atomic E-state index is 0.0343. The highest BCUT2D eigenvalue weighted by molar-refractivity contribution is 7.89. The van der Waals surface area contributed by atoms with E-state index in [2.05, 4.69) is 10.6 Å². The quantitative estimate of drug-likeness (QED) is 0.674. The number of nitrogens with one attached hydrogen (secondary N) is 2. The summed E-state index contributed by atoms with van der Waals surface area (Å²) in [6.45, 7) is 1.59. The molecule has 1 aliphatic rings. The topological polar surface area (TPSA) is 105 Å². The summed E-state index contributed by atoms with van der Waals surface area (Å²) in [5.41, 5.74) is -0.494. The van der Waals surface area contributed by atoms with Crippen LogP contribution in [-0.2, 0) is 26.9 Å². The predicted molar refractivity (Wildman–Crippen MR) is 107 cm³/mol. The van der Waals surface area contributed by atoms with E-state index in [0.29, 0.717) is 5.02 Å². The van der Waals surface area contributed by atoms with Gasteiger partial charge in [0.25, 0.3) is 5.91 Å². The van der Waals surface area contributed by atoms with Gasteiger partial charge in [0.15, 0.2) is 0 Å². The summed E-state index contributed by atoms with van der Waals surface area (Å²) >= 11 is 5.97. The molecule has 29 heavy (non-hydrogen) atoms. The number of halogens is 1. The fraction of sp³-hybridized carbons (Fsp3) is 0.263. The molecule has 2 aromatic rings. The minimum Gasteiger partial charge on any atom is -0.496 e. The summed E-state index contributed by atoms with van der Waals surface area (Å²) in [5, 5.41) is 5.19. The molecule has 0 spiro atoms. The number of nitrogens with zero attached hydrogens (tertiary/aromatic N) is 1. The molecule has 3 rings (SSSR count). The largest absolute Gasteiger partial charge is 0.496 e. The van der Waals surface area contributed by atoms with Crippen molar-refractivity contribution < 1.29 is 22.7 Å². The first kappa shape index (κ1) is 21.1. The Balaban J connectivity index is 2.00. The van der Waals surface area contributed by atoms with E-state index in [1.165, 1.54) is 43.6 Å². The predicted octanol–water partition coefficient (Wildman–Crippen LogP) is 2.22. The zero-order valence-corrected chi connectivity index (χ0v) is 17.6. The zero-order valence-electron chi connectivity index (χ0n) is 16.0. The van der Waals surface area contributed by atoms with Crippen LogP contribution in [-0.4, -0.2) is 38.8 Å². The van der Waals surface area contributed by atoms with Gasteiger partial charge in [-0.25, -0.2) is 13.2 Å². The average Bonchev–Trinajstić information content (AvgIpc) is 2.93. The Hall–Kier alpha value is -2.62. The highest BCUT2D eigenvalue weighted by Gasteiger charge is 2.45. The summed E-state index contributed by atoms with van der Waals surface area (Å²) < 4.78 is 32.7. The second-order valence-electron chi connectivity index (χ2n) is 6.79. The Bertz CT molecular complexity index is 1090. The van der Waals surface area contributed by atoms with Crippen molar-refractivity contribution >= 4 is 33.6 Å². The first-order chi connectivity index (χ1) is 13.6. The number of urea groups is 1. The van der Waals surface area contributed by atoms with Crippen molar-refractivity contribution in [3.05, 3.63) is 58.6 Å². The summed E-state index contributed by atoms with van der Waals surface area (Å²) in [4.78, 5) is 23.9. The molecule has 1 fully saturated rings. The van der Waals surface area contributed by atoms with Crippen LogP contribution in [0.15, 0.2) is 47.4 Å². The van der Waals surface area contributed by atoms with E-state index < -0.39 is 27.5 Å². The van der Waals surface area contributed by atoms with Crippen LogP contribution in [0.4, 0.5) is 4.79 Å². The molecule has 10 heteroatoms. The number of hydrogen-bond donors (Lipinski definition) is 2. The van der Waals surface area contributed by atoms with Crippen LogP contribution in [0, 0.1) is 0 Å². The van der Waals surface area contributed by atoms with Gasteiger partial charge in [-0.2, -0.15) is 4.31 Å². The molecule has 2 N–H and O–H groups in total. The van der Waals surface area contributed by atoms with Crippen molar-refractivity contribution in [3.63, 3.8) is 0 Å². The van der Waals surface area contributed by atoms with E-state index in [0.717, 1.165) is 5.56 Å². The number of carbonyl (C=O) groups is 2. The molecular weight excluding hydrogens is 418 g/mol. The number of benzene rings is 2. The van der Waals surface area contributed by atoms with Crippen LogP contribution in [0.25, 0.3) is 0 Å². The molecule has 0 radical (unpaired) electrons. The Morgan fingerprint density at radius 3 is 2.48 bits per heavy atom. The molecule has 8 nitrogen and oxygen atoms in total. The lowest BCUT2D eigenvalue weighted by atomic mass is 9.91. The van der Waals surface area contributed by atoms with Gasteiger partial charge in [-0.1, -0.05) is 23.7 Å². The molecular formula is C19H20ClN3O5S. The monoisotopic (exact) mass is 437 g/mol. The summed E-state index contributed by atoms with van der Waals surface area (Å²) in [6, 6.07) is 10.4. The van der Waals surface area contributed by atoms with Crippen LogP contribution in [0.1, 0.15) is 18.1 Å². The van der Waals surface area contributed by atoms with Gasteiger partial charge in [0.05, 0.1) is 12.0 Å². The Morgan fingerprint density at radius 2 is 1.90 bits per heavy atom. The second kappa shape index (κ2) is 7.66. The number of hydrogen-bond acceptors (Lipinski definition) is 5. The van der Waals surface area contributed by atoms with E-state index in [1.807, 2.05) is 0 Å². The number of amides is 3. The maximum Gasteiger partial charge on any atom is 0.322 e. The standard InChI is InChI=1S/C19H20ClN3O5S/c1-19(17(24)21-18(25)22-19)15-10-14(7-8-16(15)28-3)29(26,27)23(2)11-12-5-4-6-13(20)9-12/h4-10H,11H2,1-3H3,(H2,21,22,24,25). The molecule has 1 aliphatic heterocycles. The minimum atomic E-state index is -3.89. The third-order valence-electron chi connectivity index (χ3n) is 4.76. The van der Waals surface area contributed by atoms with Gasteiger partial charge in [-0.3, -0.25) is 10.1 Å². The molecule has 1 heterocycles. The molecule has 0 saturated carbocycles. The van der Waals surface area contributed by atoms with Crippen molar-refractivity contribution in [1.29, 1.82) is 0 Å². The van der Waals surface area contributed by atoms with Crippen molar-refractivity contribution in [2.45, 2.75) is 23.9 Å². The number of rotatable bonds is 6. The molecule has 154 valence electrons.